The maximum absolute atomic E-state index is 12.6. The number of halogens is 1. The summed E-state index contributed by atoms with van der Waals surface area (Å²) in [4.78, 5) is 15.0. The molecule has 1 saturated heterocycles. The van der Waals surface area contributed by atoms with E-state index in [9.17, 15) is 9.90 Å². The number of hydrogen-bond donors (Lipinski definition) is 1. The number of rotatable bonds is 8. The molecule has 1 N–H and O–H groups in total. The Morgan fingerprint density at radius 1 is 1.03 bits per heavy atom. The first kappa shape index (κ1) is 23.5. The van der Waals surface area contributed by atoms with Crippen LogP contribution in [0.25, 0.3) is 0 Å². The van der Waals surface area contributed by atoms with Crippen molar-refractivity contribution in [1.82, 2.24) is 14.7 Å². The molecular weight excluding hydrogens is 438 g/mol. The van der Waals surface area contributed by atoms with E-state index in [0.29, 0.717) is 25.3 Å². The molecule has 0 saturated carbocycles. The monoisotopic (exact) mass is 467 g/mol. The van der Waals surface area contributed by atoms with E-state index in [2.05, 4.69) is 34.3 Å². The molecular formula is C26H30ClN3O3. The van der Waals surface area contributed by atoms with Gasteiger partial charge in [0.05, 0.1) is 11.8 Å². The Kier molecular flexibility index (Phi) is 7.48. The van der Waals surface area contributed by atoms with Crippen molar-refractivity contribution < 1.29 is 9.84 Å². The Morgan fingerprint density at radius 3 is 2.39 bits per heavy atom. The lowest BCUT2D eigenvalue weighted by atomic mass is 9.93. The van der Waals surface area contributed by atoms with E-state index < -0.39 is 5.60 Å². The van der Waals surface area contributed by atoms with Crippen LogP contribution < -0.4 is 10.3 Å². The number of aromatic nitrogens is 2. The highest BCUT2D eigenvalue weighted by Gasteiger charge is 2.27. The average molecular weight is 468 g/mol. The SMILES string of the molecule is CC1(O)CCN(Cc2ccc(CCn3ncc(OCc4ccccc4)c(Cl)c3=O)cc2)CC1. The summed E-state index contributed by atoms with van der Waals surface area (Å²) in [5.41, 5.74) is 2.50. The molecule has 0 atom stereocenters. The Bertz CT molecular complexity index is 1100. The Labute approximate surface area is 199 Å². The molecule has 0 amide bonds. The van der Waals surface area contributed by atoms with Crippen molar-refractivity contribution >= 4 is 11.6 Å². The number of ether oxygens (including phenoxy) is 1. The van der Waals surface area contributed by atoms with Crippen molar-refractivity contribution in [3.05, 3.63) is 92.9 Å². The molecule has 2 aromatic carbocycles. The van der Waals surface area contributed by atoms with Gasteiger partial charge in [-0.05, 0) is 42.9 Å². The van der Waals surface area contributed by atoms with E-state index in [4.69, 9.17) is 16.3 Å². The van der Waals surface area contributed by atoms with Crippen molar-refractivity contribution in [2.45, 2.75) is 51.5 Å². The lowest BCUT2D eigenvalue weighted by Crippen LogP contribution is -2.41. The molecule has 3 aromatic rings. The third-order valence-corrected chi connectivity index (χ3v) is 6.51. The summed E-state index contributed by atoms with van der Waals surface area (Å²) in [6.45, 7) is 5.40. The number of aryl methyl sites for hydroxylation is 2. The predicted octanol–water partition coefficient (Wildman–Crippen LogP) is 4.07. The number of hydrogen-bond acceptors (Lipinski definition) is 5. The standard InChI is InChI=1S/C26H30ClN3O3/c1-26(32)12-15-29(16-13-26)18-21-9-7-20(8-10-21)11-14-30-25(31)24(27)23(17-28-30)33-19-22-5-3-2-4-6-22/h2-10,17,32H,11-16,18-19H2,1H3. The molecule has 6 nitrogen and oxygen atoms in total. The van der Waals surface area contributed by atoms with Crippen LogP contribution in [0.5, 0.6) is 5.75 Å². The van der Waals surface area contributed by atoms with Crippen LogP contribution in [-0.4, -0.2) is 38.5 Å². The van der Waals surface area contributed by atoms with Crippen LogP contribution in [0.1, 0.15) is 36.5 Å². The van der Waals surface area contributed by atoms with Crippen molar-refractivity contribution in [3.63, 3.8) is 0 Å². The zero-order chi connectivity index (χ0) is 23.3. The van der Waals surface area contributed by atoms with E-state index >= 15 is 0 Å². The first-order valence-electron chi connectivity index (χ1n) is 11.3. The van der Waals surface area contributed by atoms with Gasteiger partial charge < -0.3 is 9.84 Å². The van der Waals surface area contributed by atoms with Gasteiger partial charge >= 0.3 is 0 Å². The summed E-state index contributed by atoms with van der Waals surface area (Å²) in [6.07, 6.45) is 3.81. The van der Waals surface area contributed by atoms with Gasteiger partial charge in [0.1, 0.15) is 6.61 Å². The maximum Gasteiger partial charge on any atom is 0.289 e. The zero-order valence-electron chi connectivity index (χ0n) is 18.9. The summed E-state index contributed by atoms with van der Waals surface area (Å²) in [6, 6.07) is 18.2. The van der Waals surface area contributed by atoms with Crippen LogP contribution in [0.3, 0.4) is 0 Å². The van der Waals surface area contributed by atoms with Gasteiger partial charge in [0.15, 0.2) is 10.8 Å². The van der Waals surface area contributed by atoms with Crippen molar-refractivity contribution in [2.75, 3.05) is 13.1 Å². The highest BCUT2D eigenvalue weighted by Crippen LogP contribution is 2.23. The van der Waals surface area contributed by atoms with Crippen LogP contribution >= 0.6 is 11.6 Å². The topological polar surface area (TPSA) is 67.6 Å². The highest BCUT2D eigenvalue weighted by molar-refractivity contribution is 6.31. The van der Waals surface area contributed by atoms with Crippen molar-refractivity contribution in [2.24, 2.45) is 0 Å². The number of aliphatic hydroxyl groups is 1. The molecule has 1 aromatic heterocycles. The van der Waals surface area contributed by atoms with Gasteiger partial charge in [-0.3, -0.25) is 9.69 Å². The van der Waals surface area contributed by atoms with Gasteiger partial charge in [-0.15, -0.1) is 0 Å². The summed E-state index contributed by atoms with van der Waals surface area (Å²) < 4.78 is 7.06. The second-order valence-electron chi connectivity index (χ2n) is 8.96. The van der Waals surface area contributed by atoms with Crippen molar-refractivity contribution in [1.29, 1.82) is 0 Å². The Hall–Kier alpha value is -2.67. The van der Waals surface area contributed by atoms with Crippen LogP contribution in [-0.2, 0) is 26.1 Å². The minimum Gasteiger partial charge on any atom is -0.485 e. The third-order valence-electron chi connectivity index (χ3n) is 6.16. The zero-order valence-corrected chi connectivity index (χ0v) is 19.7. The molecule has 33 heavy (non-hydrogen) atoms. The highest BCUT2D eigenvalue weighted by atomic mass is 35.5. The molecule has 1 fully saturated rings. The van der Waals surface area contributed by atoms with E-state index in [1.54, 1.807) is 0 Å². The van der Waals surface area contributed by atoms with Gasteiger partial charge in [0.25, 0.3) is 5.56 Å². The third kappa shape index (κ3) is 6.44. The number of piperidine rings is 1. The van der Waals surface area contributed by atoms with E-state index in [1.165, 1.54) is 16.4 Å². The summed E-state index contributed by atoms with van der Waals surface area (Å²) in [5, 5.41) is 14.4. The second-order valence-corrected chi connectivity index (χ2v) is 9.34. The van der Waals surface area contributed by atoms with Crippen LogP contribution in [0.2, 0.25) is 5.02 Å². The van der Waals surface area contributed by atoms with E-state index in [-0.39, 0.29) is 10.6 Å². The summed E-state index contributed by atoms with van der Waals surface area (Å²) >= 11 is 6.26. The maximum atomic E-state index is 12.6. The fourth-order valence-electron chi connectivity index (χ4n) is 3.94. The molecule has 7 heteroatoms. The quantitative estimate of drug-likeness (QED) is 0.541. The molecule has 0 unspecified atom stereocenters. The van der Waals surface area contributed by atoms with Crippen LogP contribution in [0.15, 0.2) is 65.6 Å². The number of likely N-dealkylation sites (tertiary alicyclic amines) is 1. The largest absolute Gasteiger partial charge is 0.485 e. The lowest BCUT2D eigenvalue weighted by Gasteiger charge is -2.35. The van der Waals surface area contributed by atoms with Crippen LogP contribution in [0, 0.1) is 0 Å². The first-order valence-corrected chi connectivity index (χ1v) is 11.7. The molecule has 0 aliphatic carbocycles. The number of benzene rings is 2. The second kappa shape index (κ2) is 10.5. The van der Waals surface area contributed by atoms with E-state index in [1.807, 2.05) is 37.3 Å². The Balaban J connectivity index is 1.30. The van der Waals surface area contributed by atoms with Gasteiger partial charge in [-0.2, -0.15) is 5.10 Å². The molecule has 1 aliphatic rings. The van der Waals surface area contributed by atoms with E-state index in [0.717, 1.165) is 43.6 Å². The minimum atomic E-state index is -0.526. The normalized spacial score (nSPS) is 16.0. The minimum absolute atomic E-state index is 0.0526. The molecule has 0 bridgehead atoms. The van der Waals surface area contributed by atoms with Gasteiger partial charge in [0.2, 0.25) is 0 Å². The fourth-order valence-corrected chi connectivity index (χ4v) is 4.14. The molecule has 0 spiro atoms. The summed E-state index contributed by atoms with van der Waals surface area (Å²) in [5.74, 6) is 0.297. The smallest absolute Gasteiger partial charge is 0.289 e. The Morgan fingerprint density at radius 2 is 1.70 bits per heavy atom. The lowest BCUT2D eigenvalue weighted by molar-refractivity contribution is -0.00730. The van der Waals surface area contributed by atoms with Gasteiger partial charge in [-0.25, -0.2) is 4.68 Å². The number of nitrogens with zero attached hydrogens (tertiary/aromatic N) is 3. The fraction of sp³-hybridized carbons (Fsp3) is 0.385. The average Bonchev–Trinajstić information content (AvgIpc) is 2.82. The van der Waals surface area contributed by atoms with Crippen LogP contribution in [0.4, 0.5) is 0 Å². The summed E-state index contributed by atoms with van der Waals surface area (Å²) in [7, 11) is 0. The molecule has 2 heterocycles. The van der Waals surface area contributed by atoms with Crippen molar-refractivity contribution in [3.8, 4) is 5.75 Å². The predicted molar refractivity (Wildman–Crippen MR) is 130 cm³/mol. The molecule has 4 rings (SSSR count). The van der Waals surface area contributed by atoms with Gasteiger partial charge in [-0.1, -0.05) is 66.2 Å². The first-order chi connectivity index (χ1) is 15.9. The van der Waals surface area contributed by atoms with Gasteiger partial charge in [0, 0.05) is 26.2 Å². The molecule has 1 aliphatic heterocycles. The molecule has 0 radical (unpaired) electrons. The molecule has 174 valence electrons.